The summed E-state index contributed by atoms with van der Waals surface area (Å²) < 4.78 is 36.9. The average molecular weight is 222 g/mol. The molecule has 1 aromatic carbocycles. The van der Waals surface area contributed by atoms with Gasteiger partial charge in [-0.3, -0.25) is 4.98 Å². The molecule has 0 N–H and O–H groups in total. The fraction of sp³-hybridized carbons (Fsp3) is 0.0833. The molecular weight excluding hydrogens is 215 g/mol. The summed E-state index contributed by atoms with van der Waals surface area (Å²) >= 11 is 0. The van der Waals surface area contributed by atoms with Gasteiger partial charge in [-0.25, -0.2) is 0 Å². The number of aromatic nitrogens is 1. The maximum atomic E-state index is 12.3. The van der Waals surface area contributed by atoms with Crippen molar-refractivity contribution in [1.29, 1.82) is 0 Å². The number of rotatable bonds is 1. The molecule has 1 nitrogen and oxygen atoms in total. The van der Waals surface area contributed by atoms with Gasteiger partial charge in [-0.05, 0) is 23.8 Å². The van der Waals surface area contributed by atoms with E-state index in [4.69, 9.17) is 0 Å². The Bertz CT molecular complexity index is 460. The summed E-state index contributed by atoms with van der Waals surface area (Å²) in [7, 11) is 0. The van der Waals surface area contributed by atoms with Crippen molar-refractivity contribution in [2.45, 2.75) is 6.18 Å². The topological polar surface area (TPSA) is 12.9 Å². The summed E-state index contributed by atoms with van der Waals surface area (Å²) in [6, 6.07) is 8.35. The van der Waals surface area contributed by atoms with E-state index < -0.39 is 11.7 Å². The molecule has 0 bridgehead atoms. The molecule has 0 aliphatic heterocycles. The van der Waals surface area contributed by atoms with Gasteiger partial charge in [-0.2, -0.15) is 13.2 Å². The Kier molecular flexibility index (Phi) is 2.64. The second-order valence-electron chi connectivity index (χ2n) is 3.25. The first-order valence-corrected chi connectivity index (χ1v) is 4.57. The predicted octanol–water partition coefficient (Wildman–Crippen LogP) is 3.57. The number of nitrogens with zero attached hydrogens (tertiary/aromatic N) is 1. The lowest BCUT2D eigenvalue weighted by molar-refractivity contribution is -0.137. The van der Waals surface area contributed by atoms with Crippen molar-refractivity contribution < 1.29 is 13.2 Å². The van der Waals surface area contributed by atoms with Crippen molar-refractivity contribution in [2.75, 3.05) is 0 Å². The molecule has 1 radical (unpaired) electrons. The SMILES string of the molecule is FC(F)(F)c1ccc(-c2cc[c]nc2)cc1. The van der Waals surface area contributed by atoms with Gasteiger partial charge in [0.1, 0.15) is 0 Å². The molecule has 0 amide bonds. The van der Waals surface area contributed by atoms with Gasteiger partial charge in [0.15, 0.2) is 0 Å². The lowest BCUT2D eigenvalue weighted by atomic mass is 10.1. The Morgan fingerprint density at radius 3 is 2.12 bits per heavy atom. The Hall–Kier alpha value is -1.84. The standard InChI is InChI=1S/C12H7F3N/c13-12(14,15)11-5-3-9(4-6-11)10-2-1-7-16-8-10/h1-6,8H. The summed E-state index contributed by atoms with van der Waals surface area (Å²) in [4.78, 5) is 3.79. The van der Waals surface area contributed by atoms with Gasteiger partial charge in [0.25, 0.3) is 0 Å². The molecule has 4 heteroatoms. The third-order valence-electron chi connectivity index (χ3n) is 2.16. The Labute approximate surface area is 90.6 Å². The Morgan fingerprint density at radius 1 is 0.938 bits per heavy atom. The van der Waals surface area contributed by atoms with Crippen LogP contribution in [-0.2, 0) is 6.18 Å². The zero-order valence-electron chi connectivity index (χ0n) is 8.12. The van der Waals surface area contributed by atoms with Gasteiger partial charge in [-0.15, -0.1) is 0 Å². The maximum Gasteiger partial charge on any atom is 0.416 e. The van der Waals surface area contributed by atoms with Crippen LogP contribution in [-0.4, -0.2) is 4.98 Å². The van der Waals surface area contributed by atoms with Crippen molar-refractivity contribution in [1.82, 2.24) is 4.98 Å². The van der Waals surface area contributed by atoms with Gasteiger partial charge >= 0.3 is 6.18 Å². The molecule has 2 rings (SSSR count). The number of alkyl halides is 3. The molecule has 0 fully saturated rings. The summed E-state index contributed by atoms with van der Waals surface area (Å²) in [6.45, 7) is 0. The molecule has 0 saturated carbocycles. The summed E-state index contributed by atoms with van der Waals surface area (Å²) in [5.41, 5.74) is 0.827. The molecule has 0 aliphatic rings. The quantitative estimate of drug-likeness (QED) is 0.718. The van der Waals surface area contributed by atoms with Crippen LogP contribution in [0.5, 0.6) is 0 Å². The fourth-order valence-electron chi connectivity index (χ4n) is 1.34. The second-order valence-corrected chi connectivity index (χ2v) is 3.25. The van der Waals surface area contributed by atoms with E-state index in [0.29, 0.717) is 5.56 Å². The highest BCUT2D eigenvalue weighted by molar-refractivity contribution is 5.62. The number of pyridine rings is 1. The molecule has 0 spiro atoms. The van der Waals surface area contributed by atoms with Crippen LogP contribution < -0.4 is 0 Å². The molecule has 81 valence electrons. The highest BCUT2D eigenvalue weighted by atomic mass is 19.4. The van der Waals surface area contributed by atoms with Crippen LogP contribution in [0.15, 0.2) is 42.6 Å². The first-order valence-electron chi connectivity index (χ1n) is 4.57. The first-order chi connectivity index (χ1) is 7.57. The van der Waals surface area contributed by atoms with Crippen molar-refractivity contribution in [3.05, 3.63) is 54.4 Å². The van der Waals surface area contributed by atoms with E-state index in [1.165, 1.54) is 12.1 Å². The largest absolute Gasteiger partial charge is 0.416 e. The molecule has 0 unspecified atom stereocenters. The first kappa shape index (κ1) is 10.7. The Balaban J connectivity index is 2.34. The van der Waals surface area contributed by atoms with Crippen LogP contribution in [0.4, 0.5) is 13.2 Å². The van der Waals surface area contributed by atoms with Crippen LogP contribution in [0.3, 0.4) is 0 Å². The van der Waals surface area contributed by atoms with Crippen molar-refractivity contribution >= 4 is 0 Å². The van der Waals surface area contributed by atoms with Gasteiger partial charge in [0, 0.05) is 11.8 Å². The van der Waals surface area contributed by atoms with E-state index in [2.05, 4.69) is 11.2 Å². The Morgan fingerprint density at radius 2 is 1.62 bits per heavy atom. The molecule has 0 aliphatic carbocycles. The van der Waals surface area contributed by atoms with Crippen molar-refractivity contribution in [3.63, 3.8) is 0 Å². The monoisotopic (exact) mass is 222 g/mol. The number of benzene rings is 1. The lowest BCUT2D eigenvalue weighted by Gasteiger charge is -2.07. The minimum Gasteiger partial charge on any atom is -0.254 e. The predicted molar refractivity (Wildman–Crippen MR) is 53.5 cm³/mol. The molecular formula is C12H7F3N. The molecule has 0 saturated heterocycles. The molecule has 1 aromatic heterocycles. The van der Waals surface area contributed by atoms with E-state index in [-0.39, 0.29) is 0 Å². The number of hydrogen-bond acceptors (Lipinski definition) is 1. The molecule has 16 heavy (non-hydrogen) atoms. The molecule has 1 heterocycles. The number of hydrogen-bond donors (Lipinski definition) is 0. The summed E-state index contributed by atoms with van der Waals surface area (Å²) in [6.07, 6.45) is -0.124. The van der Waals surface area contributed by atoms with Crippen molar-refractivity contribution in [3.8, 4) is 11.1 Å². The van der Waals surface area contributed by atoms with Gasteiger partial charge in [0.05, 0.1) is 11.8 Å². The van der Waals surface area contributed by atoms with E-state index in [1.807, 2.05) is 0 Å². The highest BCUT2D eigenvalue weighted by Crippen LogP contribution is 2.30. The van der Waals surface area contributed by atoms with Crippen LogP contribution >= 0.6 is 0 Å². The lowest BCUT2D eigenvalue weighted by Crippen LogP contribution is -2.03. The fourth-order valence-corrected chi connectivity index (χ4v) is 1.34. The highest BCUT2D eigenvalue weighted by Gasteiger charge is 2.29. The summed E-state index contributed by atoms with van der Waals surface area (Å²) in [5, 5.41) is 0. The smallest absolute Gasteiger partial charge is 0.254 e. The minimum atomic E-state index is -4.29. The van der Waals surface area contributed by atoms with E-state index in [9.17, 15) is 13.2 Å². The second kappa shape index (κ2) is 3.96. The van der Waals surface area contributed by atoms with Gasteiger partial charge in [-0.1, -0.05) is 18.2 Å². The third kappa shape index (κ3) is 2.21. The third-order valence-corrected chi connectivity index (χ3v) is 2.16. The van der Waals surface area contributed by atoms with Crippen LogP contribution in [0, 0.1) is 6.20 Å². The summed E-state index contributed by atoms with van der Waals surface area (Å²) in [5.74, 6) is 0. The van der Waals surface area contributed by atoms with Crippen molar-refractivity contribution in [2.24, 2.45) is 0 Å². The van der Waals surface area contributed by atoms with E-state index in [1.54, 1.807) is 18.3 Å². The van der Waals surface area contributed by atoms with Crippen LogP contribution in [0.25, 0.3) is 11.1 Å². The number of halogens is 3. The zero-order valence-corrected chi connectivity index (χ0v) is 8.12. The zero-order chi connectivity index (χ0) is 11.6. The van der Waals surface area contributed by atoms with Gasteiger partial charge in [0.2, 0.25) is 0 Å². The van der Waals surface area contributed by atoms with Crippen LogP contribution in [0.2, 0.25) is 0 Å². The van der Waals surface area contributed by atoms with E-state index in [0.717, 1.165) is 17.7 Å². The normalized spacial score (nSPS) is 11.4. The van der Waals surface area contributed by atoms with Gasteiger partial charge < -0.3 is 0 Å². The maximum absolute atomic E-state index is 12.3. The molecule has 0 atom stereocenters. The molecule has 2 aromatic rings. The van der Waals surface area contributed by atoms with E-state index >= 15 is 0 Å². The minimum absolute atomic E-state index is 0.647. The van der Waals surface area contributed by atoms with Crippen LogP contribution in [0.1, 0.15) is 5.56 Å². The average Bonchev–Trinajstić information content (AvgIpc) is 2.29.